The minimum atomic E-state index is -0.0930. The molecule has 0 N–H and O–H groups in total. The van der Waals surface area contributed by atoms with Crippen molar-refractivity contribution >= 4 is 98.8 Å². The molecule has 0 unspecified atom stereocenters. The molecule has 0 radical (unpaired) electrons. The average Bonchev–Trinajstić information content (AvgIpc) is 4.05. The van der Waals surface area contributed by atoms with E-state index in [1.165, 1.54) is 80.6 Å². The van der Waals surface area contributed by atoms with Gasteiger partial charge < -0.3 is 9.47 Å². The van der Waals surface area contributed by atoms with Crippen LogP contribution in [0.25, 0.3) is 56.7 Å². The van der Waals surface area contributed by atoms with Gasteiger partial charge in [0.1, 0.15) is 29.2 Å². The molecular weight excluding hydrogens is 753 g/mol. The zero-order valence-corrected chi connectivity index (χ0v) is 33.3. The Bertz CT molecular complexity index is 2630. The van der Waals surface area contributed by atoms with Crippen LogP contribution >= 0.6 is 56.7 Å². The Morgan fingerprint density at radius 1 is 0.717 bits per heavy atom. The van der Waals surface area contributed by atoms with E-state index in [4.69, 9.17) is 16.0 Å². The van der Waals surface area contributed by atoms with Crippen LogP contribution in [-0.2, 0) is 5.41 Å². The summed E-state index contributed by atoms with van der Waals surface area (Å²) in [5, 5.41) is 28.3. The van der Waals surface area contributed by atoms with Crippen LogP contribution in [0.3, 0.4) is 0 Å². The Labute approximate surface area is 328 Å². The molecule has 5 aromatic rings. The lowest BCUT2D eigenvalue weighted by molar-refractivity contribution is 0.347. The smallest absolute Gasteiger partial charge is 0.263 e. The highest BCUT2D eigenvalue weighted by Crippen LogP contribution is 2.72. The molecule has 0 aliphatic heterocycles. The number of hydrogen-bond acceptors (Lipinski definition) is 10. The van der Waals surface area contributed by atoms with Gasteiger partial charge in [-0.1, -0.05) is 44.6 Å². The summed E-state index contributed by atoms with van der Waals surface area (Å²) in [6.45, 7) is 7.32. The van der Waals surface area contributed by atoms with Crippen LogP contribution in [-0.4, -0.2) is 14.2 Å². The Morgan fingerprint density at radius 2 is 1.36 bits per heavy atom. The van der Waals surface area contributed by atoms with E-state index in [1.807, 2.05) is 64.4 Å². The largest absolute Gasteiger partial charge is 0.495 e. The summed E-state index contributed by atoms with van der Waals surface area (Å²) in [4.78, 5) is 9.88. The summed E-state index contributed by atoms with van der Waals surface area (Å²) in [7, 11) is 3.41. The van der Waals surface area contributed by atoms with E-state index in [-0.39, 0.29) is 22.1 Å². The summed E-state index contributed by atoms with van der Waals surface area (Å²) >= 11 is 9.00. The Morgan fingerprint density at radius 3 is 2.00 bits per heavy atom. The van der Waals surface area contributed by atoms with E-state index in [0.29, 0.717) is 0 Å². The molecule has 0 bridgehead atoms. The fourth-order valence-corrected chi connectivity index (χ4v) is 16.3. The van der Waals surface area contributed by atoms with Crippen molar-refractivity contribution in [2.75, 3.05) is 14.2 Å². The molecule has 262 valence electrons. The molecule has 9 rings (SSSR count). The first-order valence-corrected chi connectivity index (χ1v) is 21.8. The van der Waals surface area contributed by atoms with Crippen LogP contribution in [0.1, 0.15) is 89.3 Å². The monoisotopic (exact) mass is 784 g/mol. The quantitative estimate of drug-likeness (QED) is 0.126. The number of fused-ring (bicyclic) bond motifs is 9. The molecular formula is C42H32N4O2S5. The van der Waals surface area contributed by atoms with E-state index in [2.05, 4.69) is 17.0 Å². The molecule has 4 aliphatic rings. The highest BCUT2D eigenvalue weighted by atomic mass is 32.1. The Hall–Kier alpha value is -4.46. The summed E-state index contributed by atoms with van der Waals surface area (Å²) in [5.74, 6) is 1.59. The number of hydrogen-bond donors (Lipinski definition) is 0. The third-order valence-electron chi connectivity index (χ3n) is 11.6. The lowest BCUT2D eigenvalue weighted by Crippen LogP contribution is -2.28. The molecule has 11 heteroatoms. The second kappa shape index (κ2) is 13.1. The van der Waals surface area contributed by atoms with Crippen molar-refractivity contribution in [3.63, 3.8) is 0 Å². The molecule has 5 aromatic heterocycles. The van der Waals surface area contributed by atoms with Crippen molar-refractivity contribution in [3.05, 3.63) is 77.6 Å². The fraction of sp³-hybridized carbons (Fsp3) is 0.333. The second-order valence-corrected chi connectivity index (χ2v) is 19.4. The lowest BCUT2D eigenvalue weighted by Gasteiger charge is -2.38. The van der Waals surface area contributed by atoms with Crippen LogP contribution in [0.15, 0.2) is 41.1 Å². The van der Waals surface area contributed by atoms with Crippen LogP contribution in [0.2, 0.25) is 0 Å². The molecule has 0 aromatic carbocycles. The third-order valence-corrected chi connectivity index (χ3v) is 17.8. The summed E-state index contributed by atoms with van der Waals surface area (Å²) in [6, 6.07) is 12.3. The molecule has 0 atom stereocenters. The molecule has 53 heavy (non-hydrogen) atoms. The molecule has 5 heterocycles. The Kier molecular flexibility index (Phi) is 8.50. The van der Waals surface area contributed by atoms with Gasteiger partial charge in [-0.2, -0.15) is 10.5 Å². The number of nitrogens with zero attached hydrogens (tertiary/aromatic N) is 4. The number of methoxy groups -OCH3 is 2. The van der Waals surface area contributed by atoms with Crippen molar-refractivity contribution in [2.45, 2.75) is 69.6 Å². The van der Waals surface area contributed by atoms with Gasteiger partial charge in [-0.05, 0) is 78.3 Å². The van der Waals surface area contributed by atoms with Gasteiger partial charge in [-0.15, -0.1) is 56.7 Å². The van der Waals surface area contributed by atoms with E-state index in [1.54, 1.807) is 65.8 Å². The van der Waals surface area contributed by atoms with Gasteiger partial charge in [-0.3, -0.25) is 0 Å². The van der Waals surface area contributed by atoms with Gasteiger partial charge in [0, 0.05) is 30.2 Å². The number of rotatable bonds is 6. The molecule has 2 fully saturated rings. The van der Waals surface area contributed by atoms with Crippen molar-refractivity contribution in [1.82, 2.24) is 0 Å². The van der Waals surface area contributed by atoms with E-state index < -0.39 is 0 Å². The first-order valence-electron chi connectivity index (χ1n) is 17.8. The van der Waals surface area contributed by atoms with Gasteiger partial charge >= 0.3 is 0 Å². The molecule has 2 saturated carbocycles. The highest BCUT2D eigenvalue weighted by Gasteiger charge is 2.57. The summed E-state index contributed by atoms with van der Waals surface area (Å²) < 4.78 is 17.4. The van der Waals surface area contributed by atoms with Crippen molar-refractivity contribution in [3.8, 4) is 39.5 Å². The van der Waals surface area contributed by atoms with Crippen LogP contribution in [0, 0.1) is 46.0 Å². The molecule has 0 amide bonds. The highest BCUT2D eigenvalue weighted by molar-refractivity contribution is 7.40. The number of ether oxygens (including phenoxy) is 2. The van der Waals surface area contributed by atoms with Gasteiger partial charge in [0.15, 0.2) is 0 Å². The Balaban J connectivity index is 1.21. The van der Waals surface area contributed by atoms with Crippen molar-refractivity contribution < 1.29 is 9.47 Å². The maximum atomic E-state index is 9.50. The lowest BCUT2D eigenvalue weighted by atomic mass is 9.66. The van der Waals surface area contributed by atoms with Crippen LogP contribution in [0.4, 0.5) is 0 Å². The fourth-order valence-electron chi connectivity index (χ4n) is 9.38. The van der Waals surface area contributed by atoms with Crippen molar-refractivity contribution in [2.24, 2.45) is 5.41 Å². The first-order chi connectivity index (χ1) is 25.9. The maximum Gasteiger partial charge on any atom is 0.263 e. The van der Waals surface area contributed by atoms with Crippen LogP contribution < -0.4 is 9.47 Å². The van der Waals surface area contributed by atoms with E-state index in [0.717, 1.165) is 48.7 Å². The van der Waals surface area contributed by atoms with Gasteiger partial charge in [0.05, 0.1) is 55.6 Å². The standard InChI is InChI=1S/C42H32N4O2S5/c1-46-24(22-45)15-26-17-30(48-3)36(50-26)31-19-32-37(51-31)40-39(52-32)34-38(53-40)33-27(41(34)10-6-4-7-11-41)18-28(42(33)12-8-5-9-13-42)35-29(47-2)16-25(49-35)14-23(20-43)21-44/h14-19H,4-13H2,2-3H3/b24-15-. The van der Waals surface area contributed by atoms with Gasteiger partial charge in [0.25, 0.3) is 5.70 Å². The predicted molar refractivity (Wildman–Crippen MR) is 220 cm³/mol. The maximum absolute atomic E-state index is 9.50. The minimum Gasteiger partial charge on any atom is -0.495 e. The first kappa shape index (κ1) is 34.3. The molecule has 0 saturated heterocycles. The second-order valence-electron chi connectivity index (χ2n) is 14.1. The zero-order valence-electron chi connectivity index (χ0n) is 29.2. The van der Waals surface area contributed by atoms with Gasteiger partial charge in [-0.25, -0.2) is 10.1 Å². The number of nitriles is 3. The summed E-state index contributed by atoms with van der Waals surface area (Å²) in [5.41, 5.74) is 6.18. The van der Waals surface area contributed by atoms with E-state index in [9.17, 15) is 15.8 Å². The normalized spacial score (nSPS) is 18.4. The number of allylic oxidation sites excluding steroid dienone is 6. The molecule has 4 aliphatic carbocycles. The average molecular weight is 785 g/mol. The van der Waals surface area contributed by atoms with E-state index >= 15 is 0 Å². The topological polar surface area (TPSA) is 94.2 Å². The number of thiophene rings is 5. The zero-order chi connectivity index (χ0) is 36.5. The SMILES string of the molecule is [C-]#[N+]/C(C#N)=C\c1cc(OC)c(-c2cc3sc4c5c(sc4c3s2)C2=C(C=C(c3sc(C=C(C#N)C#N)cc3OC)C23CCCCC3)C52CCCCC2)s1. The molecule has 2 spiro atoms. The van der Waals surface area contributed by atoms with Gasteiger partial charge in [0.2, 0.25) is 0 Å². The van der Waals surface area contributed by atoms with Crippen molar-refractivity contribution in [1.29, 1.82) is 15.8 Å². The summed E-state index contributed by atoms with van der Waals surface area (Å²) in [6.07, 6.45) is 17.8. The molecule has 6 nitrogen and oxygen atoms in total. The minimum absolute atomic E-state index is 0.00470. The predicted octanol–water partition coefficient (Wildman–Crippen LogP) is 13.2. The third kappa shape index (κ3) is 5.06. The van der Waals surface area contributed by atoms with Crippen LogP contribution in [0.5, 0.6) is 11.5 Å².